The van der Waals surface area contributed by atoms with Crippen molar-refractivity contribution in [2.75, 3.05) is 24.5 Å². The Bertz CT molecular complexity index is 1090. The van der Waals surface area contributed by atoms with Crippen LogP contribution in [0.1, 0.15) is 16.8 Å². The number of hydrogen-bond acceptors (Lipinski definition) is 3. The third kappa shape index (κ3) is 4.31. The summed E-state index contributed by atoms with van der Waals surface area (Å²) in [5, 5.41) is 7.15. The summed E-state index contributed by atoms with van der Waals surface area (Å²) in [6, 6.07) is 14.3. The van der Waals surface area contributed by atoms with Crippen molar-refractivity contribution in [1.29, 1.82) is 0 Å². The van der Waals surface area contributed by atoms with E-state index in [-0.39, 0.29) is 24.1 Å². The lowest BCUT2D eigenvalue weighted by Gasteiger charge is -2.16. The third-order valence-corrected chi connectivity index (χ3v) is 5.41. The summed E-state index contributed by atoms with van der Waals surface area (Å²) >= 11 is 5.89. The number of benzene rings is 2. The van der Waals surface area contributed by atoms with Crippen LogP contribution in [0, 0.1) is 5.92 Å². The molecule has 0 unspecified atom stereocenters. The standard InChI is InChI=1S/C22H21ClN4O3/c23-17-2-4-18(5-3-17)27-13-16(12-20(27)28)22(30)26-10-9-25-21(29)15-1-6-19-14(11-15)7-8-24-19/h1-8,11,16,24H,9-10,12-13H2,(H,25,29)(H,26,30)/t16-/m0/s1. The van der Waals surface area contributed by atoms with Crippen LogP contribution >= 0.6 is 11.6 Å². The second-order valence-electron chi connectivity index (χ2n) is 7.21. The molecule has 1 aliphatic rings. The highest BCUT2D eigenvalue weighted by atomic mass is 35.5. The Balaban J connectivity index is 1.24. The van der Waals surface area contributed by atoms with Gasteiger partial charge in [-0.15, -0.1) is 0 Å². The van der Waals surface area contributed by atoms with Gasteiger partial charge in [-0.2, -0.15) is 0 Å². The van der Waals surface area contributed by atoms with Crippen LogP contribution in [0.25, 0.3) is 10.9 Å². The fraction of sp³-hybridized carbons (Fsp3) is 0.227. The first kappa shape index (κ1) is 20.0. The van der Waals surface area contributed by atoms with E-state index in [4.69, 9.17) is 11.6 Å². The molecule has 2 aromatic carbocycles. The quantitative estimate of drug-likeness (QED) is 0.531. The summed E-state index contributed by atoms with van der Waals surface area (Å²) < 4.78 is 0. The van der Waals surface area contributed by atoms with Crippen LogP contribution in [0.3, 0.4) is 0 Å². The number of rotatable bonds is 6. The summed E-state index contributed by atoms with van der Waals surface area (Å²) in [4.78, 5) is 41.7. The SMILES string of the molecule is O=C(NCCNC(=O)[C@H]1CC(=O)N(c2ccc(Cl)cc2)C1)c1ccc2[nH]ccc2c1. The van der Waals surface area contributed by atoms with Gasteiger partial charge in [-0.3, -0.25) is 14.4 Å². The number of anilines is 1. The molecule has 2 heterocycles. The molecule has 4 rings (SSSR count). The van der Waals surface area contributed by atoms with Gasteiger partial charge in [0.2, 0.25) is 11.8 Å². The fourth-order valence-corrected chi connectivity index (χ4v) is 3.68. The van der Waals surface area contributed by atoms with Crippen molar-refractivity contribution in [3.8, 4) is 0 Å². The summed E-state index contributed by atoms with van der Waals surface area (Å²) in [7, 11) is 0. The molecule has 1 aromatic heterocycles. The largest absolute Gasteiger partial charge is 0.361 e. The number of aromatic nitrogens is 1. The number of nitrogens with one attached hydrogen (secondary N) is 3. The average molecular weight is 425 g/mol. The summed E-state index contributed by atoms with van der Waals surface area (Å²) in [6.07, 6.45) is 1.99. The maximum atomic E-state index is 12.4. The van der Waals surface area contributed by atoms with Gasteiger partial charge in [0.05, 0.1) is 5.92 Å². The number of carbonyl (C=O) groups is 3. The van der Waals surface area contributed by atoms with E-state index in [0.717, 1.165) is 16.6 Å². The molecule has 0 saturated carbocycles. The molecule has 0 spiro atoms. The molecule has 3 amide bonds. The van der Waals surface area contributed by atoms with Crippen molar-refractivity contribution in [3.05, 3.63) is 65.3 Å². The van der Waals surface area contributed by atoms with Crippen LogP contribution in [-0.4, -0.2) is 42.3 Å². The second kappa shape index (κ2) is 8.59. The number of carbonyl (C=O) groups excluding carboxylic acids is 3. The normalized spacial score (nSPS) is 16.1. The molecule has 1 saturated heterocycles. The zero-order valence-corrected chi connectivity index (χ0v) is 16.9. The van der Waals surface area contributed by atoms with Crippen LogP contribution in [0.4, 0.5) is 5.69 Å². The Hall–Kier alpha value is -3.32. The smallest absolute Gasteiger partial charge is 0.251 e. The van der Waals surface area contributed by atoms with E-state index in [1.807, 2.05) is 24.4 Å². The zero-order chi connectivity index (χ0) is 21.1. The number of amides is 3. The monoisotopic (exact) mass is 424 g/mol. The van der Waals surface area contributed by atoms with E-state index in [0.29, 0.717) is 30.2 Å². The van der Waals surface area contributed by atoms with Crippen molar-refractivity contribution in [2.24, 2.45) is 5.92 Å². The Morgan fingerprint density at radius 1 is 1.07 bits per heavy atom. The number of fused-ring (bicyclic) bond motifs is 1. The van der Waals surface area contributed by atoms with Gasteiger partial charge in [-0.1, -0.05) is 11.6 Å². The lowest BCUT2D eigenvalue weighted by molar-refractivity contribution is -0.126. The van der Waals surface area contributed by atoms with E-state index < -0.39 is 5.92 Å². The molecule has 154 valence electrons. The predicted molar refractivity (Wildman–Crippen MR) is 116 cm³/mol. The van der Waals surface area contributed by atoms with Gasteiger partial charge in [0.15, 0.2) is 0 Å². The van der Waals surface area contributed by atoms with Crippen molar-refractivity contribution in [3.63, 3.8) is 0 Å². The second-order valence-corrected chi connectivity index (χ2v) is 7.64. The van der Waals surface area contributed by atoms with Crippen molar-refractivity contribution in [1.82, 2.24) is 15.6 Å². The number of halogens is 1. The Kier molecular flexibility index (Phi) is 5.72. The number of aromatic amines is 1. The van der Waals surface area contributed by atoms with Crippen LogP contribution in [0.2, 0.25) is 5.02 Å². The van der Waals surface area contributed by atoms with Crippen LogP contribution in [0.5, 0.6) is 0 Å². The topological polar surface area (TPSA) is 94.3 Å². The Morgan fingerprint density at radius 2 is 1.83 bits per heavy atom. The number of hydrogen-bond donors (Lipinski definition) is 3. The first-order chi connectivity index (χ1) is 14.5. The zero-order valence-electron chi connectivity index (χ0n) is 16.2. The third-order valence-electron chi connectivity index (χ3n) is 5.16. The molecular weight excluding hydrogens is 404 g/mol. The van der Waals surface area contributed by atoms with E-state index in [9.17, 15) is 14.4 Å². The lowest BCUT2D eigenvalue weighted by Crippen LogP contribution is -2.38. The first-order valence-electron chi connectivity index (χ1n) is 9.70. The highest BCUT2D eigenvalue weighted by Crippen LogP contribution is 2.26. The molecule has 7 nitrogen and oxygen atoms in total. The van der Waals surface area contributed by atoms with Gasteiger partial charge < -0.3 is 20.5 Å². The minimum atomic E-state index is -0.417. The minimum absolute atomic E-state index is 0.0917. The lowest BCUT2D eigenvalue weighted by atomic mass is 10.1. The van der Waals surface area contributed by atoms with Crippen molar-refractivity contribution < 1.29 is 14.4 Å². The molecular formula is C22H21ClN4O3. The van der Waals surface area contributed by atoms with E-state index in [2.05, 4.69) is 15.6 Å². The maximum absolute atomic E-state index is 12.4. The molecule has 0 bridgehead atoms. The molecule has 0 aliphatic carbocycles. The van der Waals surface area contributed by atoms with E-state index >= 15 is 0 Å². The summed E-state index contributed by atoms with van der Waals surface area (Å²) in [6.45, 7) is 0.926. The predicted octanol–water partition coefficient (Wildman–Crippen LogP) is 2.72. The maximum Gasteiger partial charge on any atom is 0.251 e. The van der Waals surface area contributed by atoms with Gasteiger partial charge >= 0.3 is 0 Å². The van der Waals surface area contributed by atoms with E-state index in [1.54, 1.807) is 35.2 Å². The number of H-pyrrole nitrogens is 1. The molecule has 1 aliphatic heterocycles. The van der Waals surface area contributed by atoms with Crippen LogP contribution < -0.4 is 15.5 Å². The Morgan fingerprint density at radius 3 is 2.63 bits per heavy atom. The molecule has 1 fully saturated rings. The molecule has 0 radical (unpaired) electrons. The van der Waals surface area contributed by atoms with Crippen LogP contribution in [0.15, 0.2) is 54.7 Å². The van der Waals surface area contributed by atoms with Crippen molar-refractivity contribution in [2.45, 2.75) is 6.42 Å². The molecule has 3 aromatic rings. The summed E-state index contributed by atoms with van der Waals surface area (Å²) in [5.41, 5.74) is 2.26. The summed E-state index contributed by atoms with van der Waals surface area (Å²) in [5.74, 6) is -0.897. The highest BCUT2D eigenvalue weighted by Gasteiger charge is 2.34. The molecule has 30 heavy (non-hydrogen) atoms. The fourth-order valence-electron chi connectivity index (χ4n) is 3.56. The molecule has 8 heteroatoms. The van der Waals surface area contributed by atoms with Crippen LogP contribution in [-0.2, 0) is 9.59 Å². The van der Waals surface area contributed by atoms with Gasteiger partial charge in [0, 0.05) is 59.4 Å². The number of nitrogens with zero attached hydrogens (tertiary/aromatic N) is 1. The van der Waals surface area contributed by atoms with Gasteiger partial charge in [-0.25, -0.2) is 0 Å². The van der Waals surface area contributed by atoms with Gasteiger partial charge in [0.1, 0.15) is 0 Å². The van der Waals surface area contributed by atoms with Crippen molar-refractivity contribution >= 4 is 45.9 Å². The molecule has 1 atom stereocenters. The Labute approximate surface area is 178 Å². The highest BCUT2D eigenvalue weighted by molar-refractivity contribution is 6.30. The first-order valence-corrected chi connectivity index (χ1v) is 10.1. The van der Waals surface area contributed by atoms with Gasteiger partial charge in [-0.05, 0) is 48.5 Å². The van der Waals surface area contributed by atoms with E-state index in [1.165, 1.54) is 0 Å². The van der Waals surface area contributed by atoms with Gasteiger partial charge in [0.25, 0.3) is 5.91 Å². The minimum Gasteiger partial charge on any atom is -0.361 e. The average Bonchev–Trinajstić information content (AvgIpc) is 3.37. The molecule has 3 N–H and O–H groups in total.